The van der Waals surface area contributed by atoms with Gasteiger partial charge in [0.05, 0.1) is 0 Å². The van der Waals surface area contributed by atoms with Crippen LogP contribution in [0.2, 0.25) is 0 Å². The zero-order valence-corrected chi connectivity index (χ0v) is 25.4. The Kier molecular flexibility index (Phi) is 21.7. The highest BCUT2D eigenvalue weighted by atomic mass is 15.1. The van der Waals surface area contributed by atoms with Gasteiger partial charge in [-0.15, -0.1) is 0 Å². The molecule has 5 aromatic rings. The first-order chi connectivity index (χ1) is 19.4. The zero-order valence-electron chi connectivity index (χ0n) is 25.4. The van der Waals surface area contributed by atoms with Crippen molar-refractivity contribution in [3.63, 3.8) is 0 Å². The Bertz CT molecular complexity index is 1010. The SMILES string of the molecule is CC.CC.CC.CC.c1ccc(-c2ccccc2)cc1.c1ccc(N(c2ccccc2)c2ccccc2)cc1. The summed E-state index contributed by atoms with van der Waals surface area (Å²) in [4.78, 5) is 2.25. The zero-order chi connectivity index (χ0) is 29.1. The second-order valence-electron chi connectivity index (χ2n) is 7.07. The molecular formula is C38H49N. The van der Waals surface area contributed by atoms with Crippen LogP contribution >= 0.6 is 0 Å². The van der Waals surface area contributed by atoms with Crippen molar-refractivity contribution < 1.29 is 0 Å². The van der Waals surface area contributed by atoms with Gasteiger partial charge >= 0.3 is 0 Å². The predicted octanol–water partition coefficient (Wildman–Crippen LogP) is 12.6. The molecular weight excluding hydrogens is 470 g/mol. The van der Waals surface area contributed by atoms with Crippen LogP contribution in [0, 0.1) is 0 Å². The van der Waals surface area contributed by atoms with Gasteiger partial charge in [0.2, 0.25) is 0 Å². The lowest BCUT2D eigenvalue weighted by molar-refractivity contribution is 1.28. The van der Waals surface area contributed by atoms with Gasteiger partial charge in [-0.05, 0) is 47.5 Å². The average Bonchev–Trinajstić information content (AvgIpc) is 3.08. The molecule has 0 N–H and O–H groups in total. The maximum Gasteiger partial charge on any atom is 0.0461 e. The van der Waals surface area contributed by atoms with Gasteiger partial charge < -0.3 is 4.90 Å². The average molecular weight is 520 g/mol. The molecule has 0 radical (unpaired) electrons. The third kappa shape index (κ3) is 12.8. The second-order valence-corrected chi connectivity index (χ2v) is 7.07. The van der Waals surface area contributed by atoms with Crippen LogP contribution in [0.5, 0.6) is 0 Å². The highest BCUT2D eigenvalue weighted by molar-refractivity contribution is 5.76. The normalized spacial score (nSPS) is 8.51. The molecule has 5 aromatic carbocycles. The molecule has 0 unspecified atom stereocenters. The Balaban J connectivity index is 0.000000623. The first-order valence-electron chi connectivity index (χ1n) is 14.5. The van der Waals surface area contributed by atoms with E-state index in [1.54, 1.807) is 0 Å². The van der Waals surface area contributed by atoms with Crippen molar-refractivity contribution in [2.45, 2.75) is 55.4 Å². The molecule has 0 aliphatic heterocycles. The van der Waals surface area contributed by atoms with E-state index < -0.39 is 0 Å². The lowest BCUT2D eigenvalue weighted by atomic mass is 10.1. The quantitative estimate of drug-likeness (QED) is 0.228. The van der Waals surface area contributed by atoms with Crippen LogP contribution in [0.4, 0.5) is 17.1 Å². The maximum atomic E-state index is 2.25. The molecule has 1 nitrogen and oxygen atoms in total. The molecule has 0 amide bonds. The predicted molar refractivity (Wildman–Crippen MR) is 178 cm³/mol. The van der Waals surface area contributed by atoms with E-state index in [1.165, 1.54) is 28.2 Å². The van der Waals surface area contributed by atoms with E-state index in [0.29, 0.717) is 0 Å². The number of para-hydroxylation sites is 3. The van der Waals surface area contributed by atoms with Gasteiger partial charge in [-0.2, -0.15) is 0 Å². The Hall–Kier alpha value is -4.10. The summed E-state index contributed by atoms with van der Waals surface area (Å²) in [7, 11) is 0. The Morgan fingerprint density at radius 1 is 0.256 bits per heavy atom. The summed E-state index contributed by atoms with van der Waals surface area (Å²) in [6.45, 7) is 16.0. The van der Waals surface area contributed by atoms with E-state index in [0.717, 1.165) is 0 Å². The van der Waals surface area contributed by atoms with E-state index in [2.05, 4.69) is 126 Å². The Morgan fingerprint density at radius 2 is 0.436 bits per heavy atom. The van der Waals surface area contributed by atoms with Gasteiger partial charge in [-0.3, -0.25) is 0 Å². The summed E-state index contributed by atoms with van der Waals surface area (Å²) in [5.41, 5.74) is 6.05. The fourth-order valence-corrected chi connectivity index (χ4v) is 3.44. The minimum atomic E-state index is 1.17. The number of nitrogens with zero attached hydrogens (tertiary/aromatic N) is 1. The lowest BCUT2D eigenvalue weighted by Gasteiger charge is -2.25. The van der Waals surface area contributed by atoms with Gasteiger partial charge in [0.25, 0.3) is 0 Å². The molecule has 0 aliphatic rings. The van der Waals surface area contributed by atoms with Crippen molar-refractivity contribution in [3.8, 4) is 11.1 Å². The van der Waals surface area contributed by atoms with Crippen molar-refractivity contribution in [1.29, 1.82) is 0 Å². The molecule has 0 spiro atoms. The molecule has 0 saturated carbocycles. The minimum absolute atomic E-state index is 1.17. The van der Waals surface area contributed by atoms with Crippen LogP contribution in [0.3, 0.4) is 0 Å². The topological polar surface area (TPSA) is 3.24 Å². The first-order valence-corrected chi connectivity index (χ1v) is 14.5. The first kappa shape index (κ1) is 34.9. The Morgan fingerprint density at radius 3 is 0.641 bits per heavy atom. The van der Waals surface area contributed by atoms with Crippen LogP contribution < -0.4 is 4.90 Å². The number of hydrogen-bond acceptors (Lipinski definition) is 1. The summed E-state index contributed by atoms with van der Waals surface area (Å²) in [5, 5.41) is 0. The summed E-state index contributed by atoms with van der Waals surface area (Å²) in [6, 6.07) is 52.0. The number of rotatable bonds is 4. The summed E-state index contributed by atoms with van der Waals surface area (Å²) in [5.74, 6) is 0. The lowest BCUT2D eigenvalue weighted by Crippen LogP contribution is -2.09. The molecule has 206 valence electrons. The van der Waals surface area contributed by atoms with Crippen molar-refractivity contribution in [3.05, 3.63) is 152 Å². The molecule has 1 heteroatoms. The molecule has 0 aliphatic carbocycles. The highest BCUT2D eigenvalue weighted by Gasteiger charge is 2.10. The fraction of sp³-hybridized carbons (Fsp3) is 0.211. The third-order valence-corrected chi connectivity index (χ3v) is 4.92. The van der Waals surface area contributed by atoms with Crippen molar-refractivity contribution >= 4 is 17.1 Å². The summed E-state index contributed by atoms with van der Waals surface area (Å²) in [6.07, 6.45) is 0. The number of anilines is 3. The van der Waals surface area contributed by atoms with Crippen LogP contribution in [-0.2, 0) is 0 Å². The van der Waals surface area contributed by atoms with E-state index in [1.807, 2.05) is 85.7 Å². The smallest absolute Gasteiger partial charge is 0.0461 e. The standard InChI is InChI=1S/C18H15N.C12H10.4C2H6/c1-4-10-16(11-5-1)19(17-12-6-2-7-13-17)18-14-8-3-9-15-18;1-3-7-11(8-4-1)12-9-5-2-6-10-12;4*1-2/h1-15H;1-10H;4*1-2H3. The molecule has 0 atom stereocenters. The third-order valence-electron chi connectivity index (χ3n) is 4.92. The van der Waals surface area contributed by atoms with Crippen LogP contribution in [0.1, 0.15) is 55.4 Å². The van der Waals surface area contributed by atoms with Gasteiger partial charge in [-0.1, -0.05) is 171 Å². The van der Waals surface area contributed by atoms with E-state index in [4.69, 9.17) is 0 Å². The molecule has 0 fully saturated rings. The minimum Gasteiger partial charge on any atom is -0.311 e. The second kappa shape index (κ2) is 24.2. The fourth-order valence-electron chi connectivity index (χ4n) is 3.44. The van der Waals surface area contributed by atoms with Crippen molar-refractivity contribution in [2.24, 2.45) is 0 Å². The molecule has 5 rings (SSSR count). The van der Waals surface area contributed by atoms with Crippen LogP contribution in [-0.4, -0.2) is 0 Å². The molecule has 0 aromatic heterocycles. The molecule has 0 heterocycles. The highest BCUT2D eigenvalue weighted by Crippen LogP contribution is 2.33. The van der Waals surface area contributed by atoms with Crippen molar-refractivity contribution in [2.75, 3.05) is 4.90 Å². The number of hydrogen-bond donors (Lipinski definition) is 0. The largest absolute Gasteiger partial charge is 0.311 e. The summed E-state index contributed by atoms with van der Waals surface area (Å²) >= 11 is 0. The van der Waals surface area contributed by atoms with E-state index in [-0.39, 0.29) is 0 Å². The molecule has 0 saturated heterocycles. The van der Waals surface area contributed by atoms with E-state index in [9.17, 15) is 0 Å². The van der Waals surface area contributed by atoms with Crippen LogP contribution in [0.25, 0.3) is 11.1 Å². The van der Waals surface area contributed by atoms with Gasteiger partial charge in [0, 0.05) is 17.1 Å². The summed E-state index contributed by atoms with van der Waals surface area (Å²) < 4.78 is 0. The van der Waals surface area contributed by atoms with Gasteiger partial charge in [0.1, 0.15) is 0 Å². The Labute approximate surface area is 239 Å². The monoisotopic (exact) mass is 519 g/mol. The van der Waals surface area contributed by atoms with Crippen molar-refractivity contribution in [1.82, 2.24) is 0 Å². The maximum absolute atomic E-state index is 2.25. The number of benzene rings is 5. The molecule has 0 bridgehead atoms. The van der Waals surface area contributed by atoms with Gasteiger partial charge in [-0.25, -0.2) is 0 Å². The van der Waals surface area contributed by atoms with E-state index >= 15 is 0 Å². The van der Waals surface area contributed by atoms with Gasteiger partial charge in [0.15, 0.2) is 0 Å². The molecule has 39 heavy (non-hydrogen) atoms. The van der Waals surface area contributed by atoms with Crippen LogP contribution in [0.15, 0.2) is 152 Å².